The molecule has 1 unspecified atom stereocenters. The number of hydrogen-bond acceptors (Lipinski definition) is 8. The maximum Gasteiger partial charge on any atom is 0.410 e. The van der Waals surface area contributed by atoms with E-state index in [0.717, 1.165) is 31.2 Å². The predicted octanol–water partition coefficient (Wildman–Crippen LogP) is 5.60. The Labute approximate surface area is 240 Å². The fourth-order valence-corrected chi connectivity index (χ4v) is 4.75. The Morgan fingerprint density at radius 2 is 1.65 bits per heavy atom. The molecule has 1 N–H and O–H groups in total. The van der Waals surface area contributed by atoms with Crippen molar-refractivity contribution in [1.29, 1.82) is 0 Å². The molecule has 3 rings (SSSR count). The van der Waals surface area contributed by atoms with Crippen molar-refractivity contribution in [2.75, 3.05) is 13.2 Å². The highest BCUT2D eigenvalue weighted by atomic mass is 16.6. The van der Waals surface area contributed by atoms with Gasteiger partial charge in [-0.25, -0.2) is 4.79 Å². The summed E-state index contributed by atoms with van der Waals surface area (Å²) in [6.45, 7) is 17.0. The summed E-state index contributed by atoms with van der Waals surface area (Å²) in [5.74, 6) is 0.137. The molecule has 226 valence electrons. The van der Waals surface area contributed by atoms with E-state index in [1.807, 2.05) is 90.6 Å². The molecule has 1 amide bonds. The minimum Gasteiger partial charge on any atom is -0.462 e. The lowest BCUT2D eigenvalue weighted by molar-refractivity contribution is -0.146. The fourth-order valence-electron chi connectivity index (χ4n) is 4.75. The third-order valence-corrected chi connectivity index (χ3v) is 6.60. The number of carbonyl (C=O) groups is 3. The van der Waals surface area contributed by atoms with E-state index in [-0.39, 0.29) is 41.4 Å². The average Bonchev–Trinajstić information content (AvgIpc) is 3.19. The number of carbonyl (C=O) groups excluding carboxylic acids is 3. The smallest absolute Gasteiger partial charge is 0.410 e. The molecule has 2 fully saturated rings. The van der Waals surface area contributed by atoms with Crippen LogP contribution in [-0.2, 0) is 35.1 Å². The van der Waals surface area contributed by atoms with Gasteiger partial charge in [0.15, 0.2) is 0 Å². The normalized spacial score (nSPS) is 22.4. The molecule has 0 radical (unpaired) electrons. The quantitative estimate of drug-likeness (QED) is 0.248. The van der Waals surface area contributed by atoms with Crippen LogP contribution in [0.5, 0.6) is 0 Å². The van der Waals surface area contributed by atoms with Crippen LogP contribution < -0.4 is 5.32 Å². The molecular weight excluding hydrogens is 512 g/mol. The second-order valence-electron chi connectivity index (χ2n) is 13.1. The Hall–Kier alpha value is -2.65. The number of benzene rings is 1. The summed E-state index contributed by atoms with van der Waals surface area (Å²) in [7, 11) is 0. The van der Waals surface area contributed by atoms with Gasteiger partial charge in [0.25, 0.3) is 6.47 Å². The molecule has 2 aliphatic rings. The van der Waals surface area contributed by atoms with Crippen LogP contribution in [0.3, 0.4) is 0 Å². The topological polar surface area (TPSA) is 103 Å². The molecule has 40 heavy (non-hydrogen) atoms. The van der Waals surface area contributed by atoms with Gasteiger partial charge in [0, 0.05) is 19.0 Å². The molecule has 1 saturated carbocycles. The summed E-state index contributed by atoms with van der Waals surface area (Å²) in [6, 6.07) is 9.90. The molecule has 1 saturated heterocycles. The molecular formula is C31H50N2O7. The van der Waals surface area contributed by atoms with Crippen molar-refractivity contribution in [1.82, 2.24) is 10.2 Å². The Morgan fingerprint density at radius 1 is 1.02 bits per heavy atom. The van der Waals surface area contributed by atoms with Crippen molar-refractivity contribution < 1.29 is 33.3 Å². The van der Waals surface area contributed by atoms with E-state index in [2.05, 4.69) is 10.1 Å². The summed E-state index contributed by atoms with van der Waals surface area (Å²) in [4.78, 5) is 36.8. The van der Waals surface area contributed by atoms with Gasteiger partial charge in [0.2, 0.25) is 0 Å². The van der Waals surface area contributed by atoms with Crippen LogP contribution in [0, 0.1) is 5.92 Å². The van der Waals surface area contributed by atoms with Crippen LogP contribution in [0.1, 0.15) is 93.1 Å². The van der Waals surface area contributed by atoms with Gasteiger partial charge in [-0.2, -0.15) is 0 Å². The first-order chi connectivity index (χ1) is 18.6. The molecule has 1 aliphatic carbocycles. The van der Waals surface area contributed by atoms with Gasteiger partial charge in [0.05, 0.1) is 12.6 Å². The van der Waals surface area contributed by atoms with Gasteiger partial charge < -0.3 is 23.8 Å². The number of esters is 1. The lowest BCUT2D eigenvalue weighted by Crippen LogP contribution is -2.51. The molecule has 1 aliphatic heterocycles. The SMILES string of the molecule is CC(C)(C)OC(=O)N(CC1COC(C)(C)N1)C1CCC(CC(=O)OCc2ccccc2)CC1.CC(C)(C)OC=O. The van der Waals surface area contributed by atoms with E-state index in [9.17, 15) is 14.4 Å². The van der Waals surface area contributed by atoms with E-state index in [1.165, 1.54) is 0 Å². The first kappa shape index (κ1) is 33.6. The summed E-state index contributed by atoms with van der Waals surface area (Å²) in [6.07, 6.45) is 3.65. The van der Waals surface area contributed by atoms with E-state index in [0.29, 0.717) is 32.7 Å². The first-order valence-corrected chi connectivity index (χ1v) is 14.3. The zero-order valence-corrected chi connectivity index (χ0v) is 25.7. The summed E-state index contributed by atoms with van der Waals surface area (Å²) in [5.41, 5.74) is -0.257. The summed E-state index contributed by atoms with van der Waals surface area (Å²) < 4.78 is 21.5. The predicted molar refractivity (Wildman–Crippen MR) is 153 cm³/mol. The van der Waals surface area contributed by atoms with Crippen molar-refractivity contribution in [3.8, 4) is 0 Å². The third kappa shape index (κ3) is 13.1. The lowest BCUT2D eigenvalue weighted by atomic mass is 9.83. The minimum absolute atomic E-state index is 0.0678. The number of nitrogens with one attached hydrogen (secondary N) is 1. The molecule has 1 aromatic rings. The molecule has 1 aromatic carbocycles. The highest BCUT2D eigenvalue weighted by Crippen LogP contribution is 2.31. The standard InChI is InChI=1S/C26H40N2O5.C5H10O2/c1-25(2,3)33-24(30)28(16-21-18-32-26(4,5)27-21)22-13-11-19(12-14-22)15-23(29)31-17-20-9-7-6-8-10-20;1-5(2,3)7-4-6/h6-10,19,21-22,27H,11-18H2,1-5H3;4H,1-3H3. The van der Waals surface area contributed by atoms with Gasteiger partial charge in [-0.1, -0.05) is 30.3 Å². The van der Waals surface area contributed by atoms with Crippen LogP contribution in [0.2, 0.25) is 0 Å². The highest BCUT2D eigenvalue weighted by Gasteiger charge is 2.37. The Kier molecular flexibility index (Phi) is 12.4. The van der Waals surface area contributed by atoms with Gasteiger partial charge >= 0.3 is 12.1 Å². The third-order valence-electron chi connectivity index (χ3n) is 6.60. The van der Waals surface area contributed by atoms with Gasteiger partial charge in [-0.05, 0) is 92.6 Å². The number of hydrogen-bond donors (Lipinski definition) is 1. The average molecular weight is 563 g/mol. The zero-order valence-electron chi connectivity index (χ0n) is 25.7. The molecule has 1 atom stereocenters. The monoisotopic (exact) mass is 562 g/mol. The zero-order chi connectivity index (χ0) is 30.0. The van der Waals surface area contributed by atoms with Gasteiger partial charge in [-0.15, -0.1) is 0 Å². The second kappa shape index (κ2) is 14.8. The maximum absolute atomic E-state index is 13.0. The van der Waals surface area contributed by atoms with E-state index < -0.39 is 5.60 Å². The van der Waals surface area contributed by atoms with Crippen molar-refractivity contribution in [2.24, 2.45) is 5.92 Å². The van der Waals surface area contributed by atoms with Crippen LogP contribution in [-0.4, -0.2) is 65.6 Å². The van der Waals surface area contributed by atoms with Crippen LogP contribution in [0.25, 0.3) is 0 Å². The van der Waals surface area contributed by atoms with E-state index in [1.54, 1.807) is 0 Å². The van der Waals surface area contributed by atoms with Crippen LogP contribution >= 0.6 is 0 Å². The largest absolute Gasteiger partial charge is 0.462 e. The Morgan fingerprint density at radius 3 is 2.12 bits per heavy atom. The number of amides is 1. The number of ether oxygens (including phenoxy) is 4. The lowest BCUT2D eigenvalue weighted by Gasteiger charge is -2.38. The number of rotatable bonds is 8. The first-order valence-electron chi connectivity index (χ1n) is 14.3. The van der Waals surface area contributed by atoms with Crippen molar-refractivity contribution >= 4 is 18.5 Å². The van der Waals surface area contributed by atoms with Crippen LogP contribution in [0.15, 0.2) is 30.3 Å². The molecule has 9 heteroatoms. The Balaban J connectivity index is 0.000000708. The fraction of sp³-hybridized carbons (Fsp3) is 0.710. The van der Waals surface area contributed by atoms with Crippen molar-refractivity contribution in [2.45, 2.75) is 123 Å². The number of nitrogens with zero attached hydrogens (tertiary/aromatic N) is 1. The van der Waals surface area contributed by atoms with Gasteiger partial charge in [0.1, 0.15) is 23.5 Å². The van der Waals surface area contributed by atoms with Crippen molar-refractivity contribution in [3.63, 3.8) is 0 Å². The molecule has 0 spiro atoms. The molecule has 0 bridgehead atoms. The van der Waals surface area contributed by atoms with Crippen molar-refractivity contribution in [3.05, 3.63) is 35.9 Å². The minimum atomic E-state index is -0.548. The molecule has 0 aromatic heterocycles. The van der Waals surface area contributed by atoms with Gasteiger partial charge in [-0.3, -0.25) is 14.9 Å². The molecule has 1 heterocycles. The summed E-state index contributed by atoms with van der Waals surface area (Å²) >= 11 is 0. The highest BCUT2D eigenvalue weighted by molar-refractivity contribution is 5.70. The van der Waals surface area contributed by atoms with E-state index in [4.69, 9.17) is 14.2 Å². The molecule has 9 nitrogen and oxygen atoms in total. The maximum atomic E-state index is 13.0. The van der Waals surface area contributed by atoms with Crippen LogP contribution in [0.4, 0.5) is 4.79 Å². The Bertz CT molecular complexity index is 929. The summed E-state index contributed by atoms with van der Waals surface area (Å²) in [5, 5.41) is 3.45. The second-order valence-corrected chi connectivity index (χ2v) is 13.1. The van der Waals surface area contributed by atoms with E-state index >= 15 is 0 Å².